The molecular formula is C14H12N4O. The van der Waals surface area contributed by atoms with Gasteiger partial charge in [0.25, 0.3) is 5.91 Å². The highest BCUT2D eigenvalue weighted by molar-refractivity contribution is 5.94. The average molecular weight is 252 g/mol. The monoisotopic (exact) mass is 252 g/mol. The van der Waals surface area contributed by atoms with E-state index >= 15 is 0 Å². The number of nitrogens with zero attached hydrogens (tertiary/aromatic N) is 2. The van der Waals surface area contributed by atoms with Crippen molar-refractivity contribution in [3.05, 3.63) is 60.2 Å². The lowest BCUT2D eigenvalue weighted by Crippen LogP contribution is -2.22. The Morgan fingerprint density at radius 1 is 1.21 bits per heavy atom. The Morgan fingerprint density at radius 2 is 2.05 bits per heavy atom. The maximum Gasteiger partial charge on any atom is 0.251 e. The number of rotatable bonds is 3. The van der Waals surface area contributed by atoms with E-state index in [0.717, 1.165) is 16.6 Å². The average Bonchev–Trinajstić information content (AvgIpc) is 2.89. The fourth-order valence-electron chi connectivity index (χ4n) is 1.94. The number of aromatic nitrogens is 3. The molecule has 2 N–H and O–H groups in total. The third kappa shape index (κ3) is 2.30. The van der Waals surface area contributed by atoms with Gasteiger partial charge in [-0.3, -0.25) is 9.78 Å². The van der Waals surface area contributed by atoms with Gasteiger partial charge in [-0.05, 0) is 29.8 Å². The summed E-state index contributed by atoms with van der Waals surface area (Å²) >= 11 is 0. The maximum absolute atomic E-state index is 11.9. The minimum atomic E-state index is -0.111. The van der Waals surface area contributed by atoms with Gasteiger partial charge in [-0.1, -0.05) is 0 Å². The first-order chi connectivity index (χ1) is 9.34. The van der Waals surface area contributed by atoms with Crippen molar-refractivity contribution in [3.63, 3.8) is 0 Å². The lowest BCUT2D eigenvalue weighted by atomic mass is 10.2. The van der Waals surface area contributed by atoms with E-state index in [1.165, 1.54) is 0 Å². The molecule has 0 fully saturated rings. The summed E-state index contributed by atoms with van der Waals surface area (Å²) < 4.78 is 0. The van der Waals surface area contributed by atoms with Crippen LogP contribution in [0.1, 0.15) is 15.9 Å². The molecule has 0 saturated heterocycles. The van der Waals surface area contributed by atoms with Gasteiger partial charge in [0.1, 0.15) is 5.65 Å². The first-order valence-corrected chi connectivity index (χ1v) is 5.94. The van der Waals surface area contributed by atoms with Gasteiger partial charge in [0, 0.05) is 42.3 Å². The molecule has 0 aliphatic carbocycles. The Bertz CT molecular complexity index is 706. The van der Waals surface area contributed by atoms with Crippen LogP contribution in [0.25, 0.3) is 11.0 Å². The number of hydrogen-bond donors (Lipinski definition) is 2. The van der Waals surface area contributed by atoms with Crippen molar-refractivity contribution in [3.8, 4) is 0 Å². The number of amides is 1. The summed E-state index contributed by atoms with van der Waals surface area (Å²) in [7, 11) is 0. The van der Waals surface area contributed by atoms with Crippen LogP contribution >= 0.6 is 0 Å². The molecular weight excluding hydrogens is 240 g/mol. The zero-order valence-electron chi connectivity index (χ0n) is 10.1. The van der Waals surface area contributed by atoms with Crippen LogP contribution in [0.2, 0.25) is 0 Å². The van der Waals surface area contributed by atoms with Gasteiger partial charge in [0.15, 0.2) is 0 Å². The molecule has 0 radical (unpaired) electrons. The van der Waals surface area contributed by atoms with E-state index in [2.05, 4.69) is 20.3 Å². The minimum Gasteiger partial charge on any atom is -0.348 e. The Labute approximate surface area is 109 Å². The molecule has 0 spiro atoms. The summed E-state index contributed by atoms with van der Waals surface area (Å²) in [6.45, 7) is 0.465. The molecule has 5 nitrogen and oxygen atoms in total. The molecule has 0 bridgehead atoms. The van der Waals surface area contributed by atoms with Crippen LogP contribution in [-0.4, -0.2) is 20.9 Å². The van der Waals surface area contributed by atoms with Crippen LogP contribution in [0.3, 0.4) is 0 Å². The molecule has 0 aromatic carbocycles. The Morgan fingerprint density at radius 3 is 2.89 bits per heavy atom. The molecule has 19 heavy (non-hydrogen) atoms. The lowest BCUT2D eigenvalue weighted by molar-refractivity contribution is 0.0951. The van der Waals surface area contributed by atoms with E-state index in [1.54, 1.807) is 30.7 Å². The molecule has 5 heteroatoms. The van der Waals surface area contributed by atoms with Crippen LogP contribution in [0, 0.1) is 0 Å². The summed E-state index contributed by atoms with van der Waals surface area (Å²) in [4.78, 5) is 23.1. The second-order valence-electron chi connectivity index (χ2n) is 4.13. The van der Waals surface area contributed by atoms with Gasteiger partial charge in [-0.2, -0.15) is 0 Å². The Balaban J connectivity index is 1.75. The summed E-state index contributed by atoms with van der Waals surface area (Å²) in [5, 5.41) is 3.90. The van der Waals surface area contributed by atoms with Crippen molar-refractivity contribution in [2.75, 3.05) is 0 Å². The van der Waals surface area contributed by atoms with Gasteiger partial charge >= 0.3 is 0 Å². The van der Waals surface area contributed by atoms with Crippen LogP contribution in [-0.2, 0) is 6.54 Å². The number of nitrogens with one attached hydrogen (secondary N) is 2. The molecule has 0 aliphatic rings. The fraction of sp³-hybridized carbons (Fsp3) is 0.0714. The van der Waals surface area contributed by atoms with Gasteiger partial charge in [-0.25, -0.2) is 4.98 Å². The fourth-order valence-corrected chi connectivity index (χ4v) is 1.94. The van der Waals surface area contributed by atoms with E-state index < -0.39 is 0 Å². The SMILES string of the molecule is O=C(NCc1c[nH]c2ncccc12)c1ccncc1. The number of carbonyl (C=O) groups excluding carboxylic acids is 1. The molecule has 3 rings (SSSR count). The van der Waals surface area contributed by atoms with E-state index in [4.69, 9.17) is 0 Å². The van der Waals surface area contributed by atoms with Crippen molar-refractivity contribution in [2.45, 2.75) is 6.54 Å². The highest BCUT2D eigenvalue weighted by atomic mass is 16.1. The third-order valence-electron chi connectivity index (χ3n) is 2.92. The summed E-state index contributed by atoms with van der Waals surface area (Å²) in [5.41, 5.74) is 2.45. The standard InChI is InChI=1S/C14H12N4O/c19-14(10-3-6-15-7-4-10)18-9-11-8-17-13-12(11)2-1-5-16-13/h1-8H,9H2,(H,16,17)(H,18,19). The molecule has 94 valence electrons. The summed E-state index contributed by atoms with van der Waals surface area (Å²) in [6.07, 6.45) is 6.80. The van der Waals surface area contributed by atoms with Crippen molar-refractivity contribution in [2.24, 2.45) is 0 Å². The molecule has 3 aromatic heterocycles. The van der Waals surface area contributed by atoms with Crippen LogP contribution in [0.5, 0.6) is 0 Å². The number of hydrogen-bond acceptors (Lipinski definition) is 3. The predicted octanol–water partition coefficient (Wildman–Crippen LogP) is 1.89. The van der Waals surface area contributed by atoms with Crippen molar-refractivity contribution < 1.29 is 4.79 Å². The normalized spacial score (nSPS) is 10.5. The van der Waals surface area contributed by atoms with E-state index in [0.29, 0.717) is 12.1 Å². The van der Waals surface area contributed by atoms with Crippen molar-refractivity contribution >= 4 is 16.9 Å². The molecule has 0 atom stereocenters. The Hall–Kier alpha value is -2.69. The number of aromatic amines is 1. The zero-order chi connectivity index (χ0) is 13.1. The second-order valence-corrected chi connectivity index (χ2v) is 4.13. The van der Waals surface area contributed by atoms with Crippen LogP contribution in [0.15, 0.2) is 49.1 Å². The first kappa shape index (κ1) is 11.4. The van der Waals surface area contributed by atoms with Crippen LogP contribution < -0.4 is 5.32 Å². The van der Waals surface area contributed by atoms with E-state index in [1.807, 2.05) is 18.3 Å². The summed E-state index contributed by atoms with van der Waals surface area (Å²) in [6, 6.07) is 7.23. The number of fused-ring (bicyclic) bond motifs is 1. The van der Waals surface area contributed by atoms with Gasteiger partial charge in [0.05, 0.1) is 0 Å². The molecule has 0 saturated carbocycles. The smallest absolute Gasteiger partial charge is 0.251 e. The maximum atomic E-state index is 11.9. The highest BCUT2D eigenvalue weighted by Crippen LogP contribution is 2.15. The zero-order valence-corrected chi connectivity index (χ0v) is 10.1. The van der Waals surface area contributed by atoms with Crippen LogP contribution in [0.4, 0.5) is 0 Å². The predicted molar refractivity (Wildman–Crippen MR) is 71.5 cm³/mol. The molecule has 3 aromatic rings. The van der Waals surface area contributed by atoms with Crippen molar-refractivity contribution in [1.29, 1.82) is 0 Å². The van der Waals surface area contributed by atoms with Gasteiger partial charge in [-0.15, -0.1) is 0 Å². The first-order valence-electron chi connectivity index (χ1n) is 5.94. The largest absolute Gasteiger partial charge is 0.348 e. The van der Waals surface area contributed by atoms with Gasteiger partial charge in [0.2, 0.25) is 0 Å². The van der Waals surface area contributed by atoms with Gasteiger partial charge < -0.3 is 10.3 Å². The number of H-pyrrole nitrogens is 1. The second kappa shape index (κ2) is 4.89. The van der Waals surface area contributed by atoms with E-state index in [9.17, 15) is 4.79 Å². The Kier molecular flexibility index (Phi) is 2.94. The third-order valence-corrected chi connectivity index (χ3v) is 2.92. The van der Waals surface area contributed by atoms with E-state index in [-0.39, 0.29) is 5.91 Å². The quantitative estimate of drug-likeness (QED) is 0.747. The lowest BCUT2D eigenvalue weighted by Gasteiger charge is -2.03. The summed E-state index contributed by atoms with van der Waals surface area (Å²) in [5.74, 6) is -0.111. The molecule has 3 heterocycles. The number of carbonyl (C=O) groups is 1. The van der Waals surface area contributed by atoms with Crippen molar-refractivity contribution in [1.82, 2.24) is 20.3 Å². The molecule has 1 amide bonds. The topological polar surface area (TPSA) is 70.7 Å². The minimum absolute atomic E-state index is 0.111. The molecule has 0 unspecified atom stereocenters. The number of pyridine rings is 2. The molecule has 0 aliphatic heterocycles. The highest BCUT2D eigenvalue weighted by Gasteiger charge is 2.07.